The van der Waals surface area contributed by atoms with Crippen molar-refractivity contribution in [2.75, 3.05) is 13.2 Å². The summed E-state index contributed by atoms with van der Waals surface area (Å²) in [6, 6.07) is 29.9. The van der Waals surface area contributed by atoms with Crippen molar-refractivity contribution in [2.24, 2.45) is 0 Å². The summed E-state index contributed by atoms with van der Waals surface area (Å²) in [5.41, 5.74) is 3.17. The van der Waals surface area contributed by atoms with E-state index in [4.69, 9.17) is 18.9 Å². The lowest BCUT2D eigenvalue weighted by Gasteiger charge is -2.32. The van der Waals surface area contributed by atoms with Gasteiger partial charge in [0.15, 0.2) is 0 Å². The van der Waals surface area contributed by atoms with Crippen molar-refractivity contribution in [3.63, 3.8) is 0 Å². The molecule has 0 saturated carbocycles. The quantitative estimate of drug-likeness (QED) is 0.410. The Morgan fingerprint density at radius 2 is 1.12 bits per heavy atom. The molecule has 0 unspecified atom stereocenters. The van der Waals surface area contributed by atoms with Crippen molar-refractivity contribution < 1.29 is 24.1 Å². The number of hydrogen-bond acceptors (Lipinski definition) is 5. The molecule has 0 spiro atoms. The predicted octanol–water partition coefficient (Wildman–Crippen LogP) is 4.13. The van der Waals surface area contributed by atoms with E-state index in [1.165, 1.54) is 0 Å². The Hall–Kier alpha value is -2.54. The molecule has 168 valence electrons. The molecule has 4 rings (SSSR count). The molecular weight excluding hydrogens is 404 g/mol. The zero-order valence-electron chi connectivity index (χ0n) is 18.1. The SMILES string of the molecule is OC[C@H](OCc1ccccc1)[C@@H](OCc1ccccc1)[C@H](OCc1ccccc1)[C@H]1CO1. The summed E-state index contributed by atoms with van der Waals surface area (Å²) < 4.78 is 24.4. The minimum atomic E-state index is -0.552. The van der Waals surface area contributed by atoms with Crippen molar-refractivity contribution in [3.05, 3.63) is 108 Å². The molecule has 1 aliphatic rings. The Morgan fingerprint density at radius 3 is 1.56 bits per heavy atom. The fraction of sp³-hybridized carbons (Fsp3) is 0.333. The van der Waals surface area contributed by atoms with Crippen LogP contribution in [0.4, 0.5) is 0 Å². The summed E-state index contributed by atoms with van der Waals surface area (Å²) in [6.07, 6.45) is -1.47. The molecule has 1 saturated heterocycles. The highest BCUT2D eigenvalue weighted by Gasteiger charge is 2.43. The van der Waals surface area contributed by atoms with Gasteiger partial charge in [-0.15, -0.1) is 0 Å². The van der Waals surface area contributed by atoms with Gasteiger partial charge in [-0.25, -0.2) is 0 Å². The zero-order chi connectivity index (χ0) is 22.0. The lowest BCUT2D eigenvalue weighted by molar-refractivity contribution is -0.166. The van der Waals surface area contributed by atoms with E-state index in [1.807, 2.05) is 91.0 Å². The zero-order valence-corrected chi connectivity index (χ0v) is 18.1. The average molecular weight is 435 g/mol. The number of hydrogen-bond donors (Lipinski definition) is 1. The van der Waals surface area contributed by atoms with Gasteiger partial charge in [-0.1, -0.05) is 91.0 Å². The second kappa shape index (κ2) is 11.9. The van der Waals surface area contributed by atoms with Crippen molar-refractivity contribution >= 4 is 0 Å². The third-order valence-corrected chi connectivity index (χ3v) is 5.47. The molecule has 0 aliphatic carbocycles. The van der Waals surface area contributed by atoms with Crippen LogP contribution in [0.2, 0.25) is 0 Å². The largest absolute Gasteiger partial charge is 0.394 e. The van der Waals surface area contributed by atoms with E-state index in [0.29, 0.717) is 26.4 Å². The minimum Gasteiger partial charge on any atom is -0.394 e. The van der Waals surface area contributed by atoms with Gasteiger partial charge in [-0.2, -0.15) is 0 Å². The molecule has 0 bridgehead atoms. The second-order valence-corrected chi connectivity index (χ2v) is 7.91. The topological polar surface area (TPSA) is 60.5 Å². The van der Waals surface area contributed by atoms with Crippen LogP contribution < -0.4 is 0 Å². The average Bonchev–Trinajstić information content (AvgIpc) is 3.70. The van der Waals surface area contributed by atoms with Crippen LogP contribution in [-0.2, 0) is 38.8 Å². The third kappa shape index (κ3) is 6.73. The van der Waals surface area contributed by atoms with E-state index in [1.54, 1.807) is 0 Å². The van der Waals surface area contributed by atoms with Crippen LogP contribution in [0.25, 0.3) is 0 Å². The lowest BCUT2D eigenvalue weighted by Crippen LogP contribution is -2.47. The van der Waals surface area contributed by atoms with Crippen LogP contribution in [0.1, 0.15) is 16.7 Å². The van der Waals surface area contributed by atoms with Gasteiger partial charge in [0.2, 0.25) is 0 Å². The Kier molecular flexibility index (Phi) is 8.42. The summed E-state index contributed by atoms with van der Waals surface area (Å²) in [4.78, 5) is 0. The van der Waals surface area contributed by atoms with Crippen molar-refractivity contribution in [1.82, 2.24) is 0 Å². The van der Waals surface area contributed by atoms with E-state index in [-0.39, 0.29) is 18.8 Å². The smallest absolute Gasteiger partial charge is 0.115 e. The summed E-state index contributed by atoms with van der Waals surface area (Å²) in [7, 11) is 0. The summed E-state index contributed by atoms with van der Waals surface area (Å²) in [5, 5.41) is 10.2. The number of aliphatic hydroxyl groups is 1. The van der Waals surface area contributed by atoms with Gasteiger partial charge in [0.1, 0.15) is 24.4 Å². The first-order valence-electron chi connectivity index (χ1n) is 11.0. The molecule has 0 radical (unpaired) electrons. The number of aliphatic hydroxyl groups excluding tert-OH is 1. The molecule has 5 heteroatoms. The minimum absolute atomic E-state index is 0.0751. The Balaban J connectivity index is 1.48. The Bertz CT molecular complexity index is 899. The molecule has 1 heterocycles. The van der Waals surface area contributed by atoms with Crippen LogP contribution in [-0.4, -0.2) is 42.7 Å². The fourth-order valence-corrected chi connectivity index (χ4v) is 3.63. The fourth-order valence-electron chi connectivity index (χ4n) is 3.63. The van der Waals surface area contributed by atoms with Crippen molar-refractivity contribution in [1.29, 1.82) is 0 Å². The molecule has 1 fully saturated rings. The molecule has 5 nitrogen and oxygen atoms in total. The summed E-state index contributed by atoms with van der Waals surface area (Å²) in [5.74, 6) is 0. The van der Waals surface area contributed by atoms with Gasteiger partial charge < -0.3 is 24.1 Å². The van der Waals surface area contributed by atoms with E-state index in [0.717, 1.165) is 16.7 Å². The number of ether oxygens (including phenoxy) is 4. The molecule has 0 amide bonds. The van der Waals surface area contributed by atoms with E-state index >= 15 is 0 Å². The second-order valence-electron chi connectivity index (χ2n) is 7.91. The maximum atomic E-state index is 10.2. The van der Waals surface area contributed by atoms with Crippen molar-refractivity contribution in [3.8, 4) is 0 Å². The normalized spacial score (nSPS) is 18.1. The summed E-state index contributed by atoms with van der Waals surface area (Å²) in [6.45, 7) is 1.65. The van der Waals surface area contributed by atoms with Crippen LogP contribution in [0.3, 0.4) is 0 Å². The van der Waals surface area contributed by atoms with Crippen LogP contribution >= 0.6 is 0 Å². The van der Waals surface area contributed by atoms with Gasteiger partial charge in [-0.05, 0) is 16.7 Å². The van der Waals surface area contributed by atoms with Crippen LogP contribution in [0, 0.1) is 0 Å². The molecule has 0 aromatic heterocycles. The van der Waals surface area contributed by atoms with Gasteiger partial charge in [-0.3, -0.25) is 0 Å². The summed E-state index contributed by atoms with van der Waals surface area (Å²) >= 11 is 0. The molecule has 3 aromatic carbocycles. The van der Waals surface area contributed by atoms with Gasteiger partial charge in [0.25, 0.3) is 0 Å². The molecule has 4 atom stereocenters. The number of benzene rings is 3. The van der Waals surface area contributed by atoms with E-state index in [9.17, 15) is 5.11 Å². The first kappa shape index (κ1) is 22.6. The van der Waals surface area contributed by atoms with E-state index in [2.05, 4.69) is 0 Å². The third-order valence-electron chi connectivity index (χ3n) is 5.47. The standard InChI is InChI=1S/C27H30O5/c28-16-24(29-17-21-10-4-1-5-11-21)26(31-18-22-12-6-2-7-13-22)27(25-20-30-25)32-19-23-14-8-3-9-15-23/h1-15,24-28H,16-20H2/t24-,25+,26+,27+/m0/s1. The molecular formula is C27H30O5. The molecule has 3 aromatic rings. The highest BCUT2D eigenvalue weighted by atomic mass is 16.6. The molecule has 1 N–H and O–H groups in total. The first-order valence-corrected chi connectivity index (χ1v) is 11.0. The highest BCUT2D eigenvalue weighted by molar-refractivity contribution is 5.15. The predicted molar refractivity (Wildman–Crippen MR) is 122 cm³/mol. The van der Waals surface area contributed by atoms with E-state index < -0.39 is 12.2 Å². The molecule has 1 aliphatic heterocycles. The van der Waals surface area contributed by atoms with Crippen molar-refractivity contribution in [2.45, 2.75) is 44.2 Å². The van der Waals surface area contributed by atoms with Crippen LogP contribution in [0.15, 0.2) is 91.0 Å². The monoisotopic (exact) mass is 434 g/mol. The highest BCUT2D eigenvalue weighted by Crippen LogP contribution is 2.27. The Labute approximate surface area is 189 Å². The lowest BCUT2D eigenvalue weighted by atomic mass is 10.0. The number of epoxide rings is 1. The van der Waals surface area contributed by atoms with Gasteiger partial charge in [0.05, 0.1) is 33.0 Å². The van der Waals surface area contributed by atoms with Crippen LogP contribution in [0.5, 0.6) is 0 Å². The maximum Gasteiger partial charge on any atom is 0.115 e. The van der Waals surface area contributed by atoms with Gasteiger partial charge >= 0.3 is 0 Å². The maximum absolute atomic E-state index is 10.2. The Morgan fingerprint density at radius 1 is 0.688 bits per heavy atom. The molecule has 32 heavy (non-hydrogen) atoms. The number of rotatable bonds is 13. The first-order chi connectivity index (χ1) is 15.8. The van der Waals surface area contributed by atoms with Gasteiger partial charge in [0, 0.05) is 0 Å².